The molecule has 0 aromatic heterocycles. The van der Waals surface area contributed by atoms with Crippen LogP contribution in [0.3, 0.4) is 0 Å². The first-order valence-corrected chi connectivity index (χ1v) is 14.3. The summed E-state index contributed by atoms with van der Waals surface area (Å²) < 4.78 is 5.99. The lowest BCUT2D eigenvalue weighted by Crippen LogP contribution is -2.67. The third-order valence-corrected chi connectivity index (χ3v) is 11.5. The van der Waals surface area contributed by atoms with Crippen LogP contribution in [0.25, 0.3) is 0 Å². The van der Waals surface area contributed by atoms with Crippen LogP contribution in [0.5, 0.6) is 0 Å². The van der Waals surface area contributed by atoms with E-state index >= 15 is 0 Å². The first kappa shape index (κ1) is 28.3. The molecule has 0 spiro atoms. The molecule has 0 heterocycles. The number of hydrogen-bond acceptors (Lipinski definition) is 5. The Kier molecular flexibility index (Phi) is 7.48. The topological polar surface area (TPSA) is 89.6 Å². The number of nitrogens with two attached hydrogens (primary N) is 1. The van der Waals surface area contributed by atoms with E-state index in [1.165, 1.54) is 6.92 Å². The summed E-state index contributed by atoms with van der Waals surface area (Å²) in [4.78, 5) is 25.3. The Hall–Kier alpha value is -1.72. The van der Waals surface area contributed by atoms with Crippen molar-refractivity contribution in [1.29, 1.82) is 0 Å². The number of carbonyl (C=O) groups excluding carboxylic acids is 2. The van der Waals surface area contributed by atoms with Crippen LogP contribution in [0.1, 0.15) is 93.9 Å². The predicted octanol–water partition coefficient (Wildman–Crippen LogP) is 5.91. The molecule has 5 nitrogen and oxygen atoms in total. The van der Waals surface area contributed by atoms with Crippen LogP contribution in [0.2, 0.25) is 0 Å². The van der Waals surface area contributed by atoms with Crippen molar-refractivity contribution >= 4 is 11.8 Å². The lowest BCUT2D eigenvalue weighted by atomic mass is 9.36. The number of hydrogen-bond donors (Lipinski definition) is 2. The quantitative estimate of drug-likeness (QED) is 0.278. The molecule has 5 heteroatoms. The molecule has 4 aliphatic rings. The van der Waals surface area contributed by atoms with Gasteiger partial charge in [-0.1, -0.05) is 51.5 Å². The van der Waals surface area contributed by atoms with Crippen LogP contribution < -0.4 is 5.73 Å². The highest BCUT2D eigenvalue weighted by molar-refractivity contribution is 5.97. The minimum Gasteiger partial charge on any atom is -0.458 e. The molecule has 0 amide bonds. The number of rotatable bonds is 4. The van der Waals surface area contributed by atoms with Crippen molar-refractivity contribution in [3.8, 4) is 0 Å². The summed E-state index contributed by atoms with van der Waals surface area (Å²) in [5.41, 5.74) is 9.83. The molecule has 206 valence electrons. The molecule has 0 aliphatic heterocycles. The van der Waals surface area contributed by atoms with E-state index in [1.807, 2.05) is 32.1 Å². The standard InChI is InChI=1S/C32H49NO4/c1-18(2)10-9-11-22(20(4)34)28-24-16-25(33)29-30(6)14-13-26(36)19(3)23(30)12-15-31(29,7)32(24,8)17-27(28)37-21(5)35/h9-11,19,23-27,29,36H,12-17,33H2,1-8H3/b11-9+,28-22-/t19-,23-,24-,25-,26+,27-,29-,30-,31-,32-/m0/s1. The molecule has 0 aromatic rings. The average Bonchev–Trinajstić information content (AvgIpc) is 3.05. The predicted molar refractivity (Wildman–Crippen MR) is 147 cm³/mol. The molecular weight excluding hydrogens is 462 g/mol. The highest BCUT2D eigenvalue weighted by Crippen LogP contribution is 2.74. The summed E-state index contributed by atoms with van der Waals surface area (Å²) in [5, 5.41) is 10.7. The Bertz CT molecular complexity index is 1040. The fourth-order valence-corrected chi connectivity index (χ4v) is 9.75. The molecule has 10 atom stereocenters. The van der Waals surface area contributed by atoms with E-state index in [9.17, 15) is 14.7 Å². The molecule has 4 saturated carbocycles. The van der Waals surface area contributed by atoms with Crippen LogP contribution >= 0.6 is 0 Å². The highest BCUT2D eigenvalue weighted by Gasteiger charge is 2.70. The second-order valence-corrected chi connectivity index (χ2v) is 13.7. The van der Waals surface area contributed by atoms with Gasteiger partial charge in [0.1, 0.15) is 6.10 Å². The number of aliphatic hydroxyl groups excluding tert-OH is 1. The van der Waals surface area contributed by atoms with Gasteiger partial charge in [0.2, 0.25) is 0 Å². The maximum absolute atomic E-state index is 13.0. The molecular formula is C32H49NO4. The van der Waals surface area contributed by atoms with Crippen molar-refractivity contribution in [1.82, 2.24) is 0 Å². The minimum absolute atomic E-state index is 0.00131. The van der Waals surface area contributed by atoms with Crippen LogP contribution in [-0.4, -0.2) is 35.1 Å². The summed E-state index contributed by atoms with van der Waals surface area (Å²) in [6.45, 7) is 16.6. The van der Waals surface area contributed by atoms with Crippen molar-refractivity contribution in [2.75, 3.05) is 0 Å². The average molecular weight is 512 g/mol. The van der Waals surface area contributed by atoms with Gasteiger partial charge in [-0.25, -0.2) is 0 Å². The smallest absolute Gasteiger partial charge is 0.303 e. The summed E-state index contributed by atoms with van der Waals surface area (Å²) in [6, 6.07) is -0.0145. The van der Waals surface area contributed by atoms with Crippen molar-refractivity contribution < 1.29 is 19.4 Å². The van der Waals surface area contributed by atoms with Gasteiger partial charge in [0, 0.05) is 18.5 Å². The zero-order chi connectivity index (χ0) is 27.5. The number of aliphatic hydroxyl groups is 1. The van der Waals surface area contributed by atoms with Gasteiger partial charge in [-0.15, -0.1) is 0 Å². The number of carbonyl (C=O) groups is 2. The lowest BCUT2D eigenvalue weighted by Gasteiger charge is -2.69. The first-order valence-electron chi connectivity index (χ1n) is 14.3. The highest BCUT2D eigenvalue weighted by atomic mass is 16.5. The van der Waals surface area contributed by atoms with E-state index in [2.05, 4.69) is 27.7 Å². The Morgan fingerprint density at radius 1 is 1.05 bits per heavy atom. The summed E-state index contributed by atoms with van der Waals surface area (Å²) in [5.74, 6) is 0.822. The molecule has 0 bridgehead atoms. The third kappa shape index (κ3) is 4.38. The van der Waals surface area contributed by atoms with E-state index in [4.69, 9.17) is 10.5 Å². The molecule has 4 aliphatic carbocycles. The largest absolute Gasteiger partial charge is 0.458 e. The lowest BCUT2D eigenvalue weighted by molar-refractivity contribution is -0.204. The Balaban J connectivity index is 1.86. The monoisotopic (exact) mass is 511 g/mol. The summed E-state index contributed by atoms with van der Waals surface area (Å²) >= 11 is 0. The van der Waals surface area contributed by atoms with E-state index in [1.54, 1.807) is 6.92 Å². The summed E-state index contributed by atoms with van der Waals surface area (Å²) in [7, 11) is 0. The summed E-state index contributed by atoms with van der Waals surface area (Å²) in [6.07, 6.45) is 10.7. The van der Waals surface area contributed by atoms with Crippen molar-refractivity contribution in [3.63, 3.8) is 0 Å². The molecule has 37 heavy (non-hydrogen) atoms. The van der Waals surface area contributed by atoms with Gasteiger partial charge in [0.05, 0.1) is 6.10 Å². The van der Waals surface area contributed by atoms with E-state index in [0.717, 1.165) is 49.7 Å². The number of fused-ring (bicyclic) bond motifs is 5. The van der Waals surface area contributed by atoms with Gasteiger partial charge in [-0.2, -0.15) is 0 Å². The molecule has 0 saturated heterocycles. The van der Waals surface area contributed by atoms with Crippen molar-refractivity contribution in [2.24, 2.45) is 45.7 Å². The van der Waals surface area contributed by atoms with Gasteiger partial charge in [-0.3, -0.25) is 9.59 Å². The second kappa shape index (κ2) is 9.79. The van der Waals surface area contributed by atoms with Gasteiger partial charge in [0.15, 0.2) is 5.78 Å². The van der Waals surface area contributed by atoms with E-state index < -0.39 is 6.10 Å². The van der Waals surface area contributed by atoms with Gasteiger partial charge >= 0.3 is 5.97 Å². The van der Waals surface area contributed by atoms with Crippen LogP contribution in [0.4, 0.5) is 0 Å². The molecule has 3 N–H and O–H groups in total. The maximum Gasteiger partial charge on any atom is 0.303 e. The van der Waals surface area contributed by atoms with Crippen molar-refractivity contribution in [2.45, 2.75) is 112 Å². The molecule has 4 fully saturated rings. The van der Waals surface area contributed by atoms with Gasteiger partial charge in [0.25, 0.3) is 0 Å². The number of esters is 1. The molecule has 4 rings (SSSR count). The number of ether oxygens (including phenoxy) is 1. The first-order chi connectivity index (χ1) is 17.2. The van der Waals surface area contributed by atoms with Crippen LogP contribution in [0, 0.1) is 39.9 Å². The van der Waals surface area contributed by atoms with E-state index in [0.29, 0.717) is 17.4 Å². The minimum atomic E-state index is -0.414. The Labute approximate surface area is 224 Å². The van der Waals surface area contributed by atoms with Gasteiger partial charge in [-0.05, 0) is 105 Å². The molecule has 0 radical (unpaired) electrons. The Morgan fingerprint density at radius 2 is 1.73 bits per heavy atom. The fraction of sp³-hybridized carbons (Fsp3) is 0.750. The molecule has 0 aromatic carbocycles. The zero-order valence-corrected chi connectivity index (χ0v) is 24.3. The SMILES string of the molecule is CC(=O)O[C@H]1C[C@@]2(C)[C@@H](C[C@H](N)[C@H]3[C@@]4(C)CC[C@@H](O)[C@@H](C)[C@@H]4CC[C@@]32C)/C1=C(\C=C\C=C(C)C)C(C)=O. The van der Waals surface area contributed by atoms with Crippen LogP contribution in [0.15, 0.2) is 34.9 Å². The normalized spacial score (nSPS) is 46.5. The third-order valence-electron chi connectivity index (χ3n) is 11.5. The zero-order valence-electron chi connectivity index (χ0n) is 24.3. The maximum atomic E-state index is 13.0. The van der Waals surface area contributed by atoms with E-state index in [-0.39, 0.29) is 52.0 Å². The van der Waals surface area contributed by atoms with Crippen molar-refractivity contribution in [3.05, 3.63) is 34.9 Å². The molecule has 0 unspecified atom stereocenters. The number of ketones is 1. The number of allylic oxidation sites excluding steroid dienone is 5. The fourth-order valence-electron chi connectivity index (χ4n) is 9.75. The van der Waals surface area contributed by atoms with Gasteiger partial charge < -0.3 is 15.6 Å². The number of Topliss-reactive ketones (excluding diaryl/α,β-unsaturated/α-hetero) is 1. The van der Waals surface area contributed by atoms with Crippen LogP contribution in [-0.2, 0) is 14.3 Å². The second-order valence-electron chi connectivity index (χ2n) is 13.7. The Morgan fingerprint density at radius 3 is 2.32 bits per heavy atom.